The first-order valence-corrected chi connectivity index (χ1v) is 11.5. The van der Waals surface area contributed by atoms with Crippen LogP contribution < -0.4 is 10.6 Å². The average Bonchev–Trinajstić information content (AvgIpc) is 3.15. The third-order valence-electron chi connectivity index (χ3n) is 3.94. The van der Waals surface area contributed by atoms with E-state index in [1.807, 2.05) is 0 Å². The van der Waals surface area contributed by atoms with Gasteiger partial charge < -0.3 is 20.2 Å². The normalized spacial score (nSPS) is 18.6. The van der Waals surface area contributed by atoms with Gasteiger partial charge in [-0.3, -0.25) is 23.7 Å². The summed E-state index contributed by atoms with van der Waals surface area (Å²) in [6.45, 7) is 0.872. The number of carbonyl (C=O) groups excluding carboxylic acids is 4. The van der Waals surface area contributed by atoms with Gasteiger partial charge in [0.1, 0.15) is 24.7 Å². The molecule has 3 N–H and O–H groups in total. The molecule has 1 fully saturated rings. The lowest BCUT2D eigenvalue weighted by molar-refractivity contribution is -0.147. The highest BCUT2D eigenvalue weighted by molar-refractivity contribution is 7.84. The predicted octanol–water partition coefficient (Wildman–Crippen LogP) is -0.877. The van der Waals surface area contributed by atoms with Gasteiger partial charge in [-0.05, 0) is 0 Å². The minimum absolute atomic E-state index is 0.00547. The first kappa shape index (κ1) is 25.4. The van der Waals surface area contributed by atoms with Crippen molar-refractivity contribution in [3.63, 3.8) is 0 Å². The highest BCUT2D eigenvalue weighted by atomic mass is 35.5. The number of aromatic nitrogens is 1. The molecule has 2 heterocycles. The molecule has 0 bridgehead atoms. The molecule has 0 aromatic carbocycles. The molecule has 0 unspecified atom stereocenters. The molecule has 3 amide bonds. The van der Waals surface area contributed by atoms with Crippen LogP contribution in [-0.2, 0) is 39.1 Å². The molecule has 0 aliphatic carbocycles. The molecule has 1 saturated heterocycles. The lowest BCUT2D eigenvalue weighted by atomic mass is 9.95. The second-order valence-corrected chi connectivity index (χ2v) is 8.52. The quantitative estimate of drug-likeness (QED) is 0.0886. The van der Waals surface area contributed by atoms with Crippen molar-refractivity contribution in [1.29, 1.82) is 0 Å². The van der Waals surface area contributed by atoms with E-state index in [0.717, 1.165) is 25.4 Å². The molecule has 1 aliphatic heterocycles. The Kier molecular flexibility index (Phi) is 8.48. The zero-order valence-corrected chi connectivity index (χ0v) is 19.0. The molecule has 17 heteroatoms. The number of nitrogens with zero attached hydrogens (tertiary/aromatic N) is 3. The maximum absolute atomic E-state index is 12.7. The maximum atomic E-state index is 12.7. The number of rotatable bonds is 10. The summed E-state index contributed by atoms with van der Waals surface area (Å²) in [6, 6.07) is -2.57. The number of halogens is 1. The second-order valence-electron chi connectivity index (χ2n) is 6.10. The van der Waals surface area contributed by atoms with Crippen LogP contribution in [0.2, 0.25) is 0 Å². The molecule has 176 valence electrons. The smallest absolute Gasteiger partial charge is 0.362 e. The number of amides is 3. The molecule has 14 nitrogen and oxygen atoms in total. The fourth-order valence-electron chi connectivity index (χ4n) is 2.67. The highest BCUT2D eigenvalue weighted by Gasteiger charge is 2.54. The van der Waals surface area contributed by atoms with E-state index >= 15 is 0 Å². The van der Waals surface area contributed by atoms with Gasteiger partial charge in [0.25, 0.3) is 11.8 Å². The van der Waals surface area contributed by atoms with Gasteiger partial charge in [0.2, 0.25) is 5.91 Å². The lowest BCUT2D eigenvalue weighted by Crippen LogP contribution is -2.72. The standard InChI is InChI=1S/C15H18ClN5O9S2/c1-7(22)30-4-3-9-12(14(25)21(9)32(26,27)28)19-13(24)11(20-29-2)8-6-31-15(17-8)18-10(23)5-16/h6,9,12H,3-5H2,1-2H3,(H,19,24)(H,17,18,23)(H,26,27,28)/t9-,12+/m1/s1. The third kappa shape index (κ3) is 6.12. The number of esters is 1. The summed E-state index contributed by atoms with van der Waals surface area (Å²) in [5.41, 5.74) is -0.374. The number of oxime groups is 1. The fraction of sp³-hybridized carbons (Fsp3) is 0.467. The van der Waals surface area contributed by atoms with Gasteiger partial charge in [-0.1, -0.05) is 5.16 Å². The van der Waals surface area contributed by atoms with E-state index in [4.69, 9.17) is 16.3 Å². The Morgan fingerprint density at radius 2 is 2.09 bits per heavy atom. The Bertz CT molecular complexity index is 1040. The Hall–Kier alpha value is -2.82. The van der Waals surface area contributed by atoms with E-state index in [9.17, 15) is 32.1 Å². The van der Waals surface area contributed by atoms with Crippen molar-refractivity contribution in [3.8, 4) is 0 Å². The number of ether oxygens (including phenoxy) is 1. The van der Waals surface area contributed by atoms with Gasteiger partial charge in [-0.2, -0.15) is 8.42 Å². The van der Waals surface area contributed by atoms with E-state index in [1.165, 1.54) is 5.38 Å². The minimum atomic E-state index is -4.90. The van der Waals surface area contributed by atoms with Gasteiger partial charge in [0.05, 0.1) is 12.6 Å². The molecule has 2 rings (SSSR count). The second kappa shape index (κ2) is 10.7. The van der Waals surface area contributed by atoms with E-state index < -0.39 is 46.1 Å². The van der Waals surface area contributed by atoms with E-state index in [-0.39, 0.29) is 39.8 Å². The summed E-state index contributed by atoms with van der Waals surface area (Å²) in [7, 11) is -3.74. The van der Waals surface area contributed by atoms with Crippen molar-refractivity contribution in [2.45, 2.75) is 25.4 Å². The molecular weight excluding hydrogens is 494 g/mol. The van der Waals surface area contributed by atoms with E-state index in [1.54, 1.807) is 0 Å². The molecule has 0 saturated carbocycles. The van der Waals surface area contributed by atoms with Crippen molar-refractivity contribution in [1.82, 2.24) is 14.6 Å². The van der Waals surface area contributed by atoms with Crippen molar-refractivity contribution < 1.29 is 41.7 Å². The first-order valence-electron chi connectivity index (χ1n) is 8.67. The van der Waals surface area contributed by atoms with E-state index in [2.05, 4.69) is 25.6 Å². The first-order chi connectivity index (χ1) is 15.0. The largest absolute Gasteiger partial charge is 0.466 e. The number of alkyl halides is 1. The molecule has 0 spiro atoms. The van der Waals surface area contributed by atoms with Crippen LogP contribution >= 0.6 is 22.9 Å². The molecule has 1 aromatic heterocycles. The van der Waals surface area contributed by atoms with Crippen LogP contribution in [0.4, 0.5) is 5.13 Å². The maximum Gasteiger partial charge on any atom is 0.362 e. The molecular formula is C15H18ClN5O9S2. The van der Waals surface area contributed by atoms with Crippen molar-refractivity contribution in [3.05, 3.63) is 11.1 Å². The molecule has 0 radical (unpaired) electrons. The Morgan fingerprint density at radius 1 is 1.41 bits per heavy atom. The molecule has 2 atom stereocenters. The van der Waals surface area contributed by atoms with Gasteiger partial charge in [0.15, 0.2) is 10.8 Å². The number of nitrogens with one attached hydrogen (secondary N) is 2. The third-order valence-corrected chi connectivity index (χ3v) is 5.88. The van der Waals surface area contributed by atoms with Crippen LogP contribution in [0, 0.1) is 0 Å². The zero-order chi connectivity index (χ0) is 24.1. The molecule has 1 aliphatic rings. The molecule has 1 aromatic rings. The number of β-lactam (4-membered cyclic amide) rings is 1. The average molecular weight is 512 g/mol. The van der Waals surface area contributed by atoms with Gasteiger partial charge in [-0.15, -0.1) is 22.9 Å². The SMILES string of the molecule is CON=C(C(=O)N[C@@H]1C(=O)N(S(=O)(=O)O)[C@@H]1CCOC(C)=O)c1csc(NC(=O)CCl)n1. The number of anilines is 1. The van der Waals surface area contributed by atoms with Crippen LogP contribution in [-0.4, -0.2) is 83.3 Å². The summed E-state index contributed by atoms with van der Waals surface area (Å²) in [5.74, 6) is -3.51. The Morgan fingerprint density at radius 3 is 2.66 bits per heavy atom. The van der Waals surface area contributed by atoms with Crippen LogP contribution in [0.15, 0.2) is 10.5 Å². The topological polar surface area (TPSA) is 194 Å². The predicted molar refractivity (Wildman–Crippen MR) is 110 cm³/mol. The van der Waals surface area contributed by atoms with Crippen LogP contribution in [0.25, 0.3) is 0 Å². The highest BCUT2D eigenvalue weighted by Crippen LogP contribution is 2.26. The van der Waals surface area contributed by atoms with Crippen molar-refractivity contribution in [2.24, 2.45) is 5.16 Å². The summed E-state index contributed by atoms with van der Waals surface area (Å²) in [4.78, 5) is 55.9. The van der Waals surface area contributed by atoms with Gasteiger partial charge in [0, 0.05) is 18.7 Å². The summed E-state index contributed by atoms with van der Waals surface area (Å²) >= 11 is 6.38. The summed E-state index contributed by atoms with van der Waals surface area (Å²) < 4.78 is 37.1. The van der Waals surface area contributed by atoms with E-state index in [0.29, 0.717) is 0 Å². The summed E-state index contributed by atoms with van der Waals surface area (Å²) in [5, 5.41) is 9.77. The van der Waals surface area contributed by atoms with Crippen molar-refractivity contribution >= 4 is 67.8 Å². The molecule has 32 heavy (non-hydrogen) atoms. The Labute approximate surface area is 190 Å². The van der Waals surface area contributed by atoms with Gasteiger partial charge >= 0.3 is 16.3 Å². The van der Waals surface area contributed by atoms with Crippen molar-refractivity contribution in [2.75, 3.05) is 24.9 Å². The summed E-state index contributed by atoms with van der Waals surface area (Å²) in [6.07, 6.45) is -0.182. The minimum Gasteiger partial charge on any atom is -0.466 e. The fourth-order valence-corrected chi connectivity index (χ4v) is 4.35. The van der Waals surface area contributed by atoms with Crippen LogP contribution in [0.5, 0.6) is 0 Å². The monoisotopic (exact) mass is 511 g/mol. The van der Waals surface area contributed by atoms with Gasteiger partial charge in [-0.25, -0.2) is 9.29 Å². The number of thiazole rings is 1. The Balaban J connectivity index is 2.19. The zero-order valence-electron chi connectivity index (χ0n) is 16.6. The number of hydrogen-bond acceptors (Lipinski definition) is 11. The lowest BCUT2D eigenvalue weighted by Gasteiger charge is -2.44. The number of hydrogen-bond donors (Lipinski definition) is 3. The number of carbonyl (C=O) groups is 4. The van der Waals surface area contributed by atoms with Crippen LogP contribution in [0.3, 0.4) is 0 Å². The van der Waals surface area contributed by atoms with Crippen LogP contribution in [0.1, 0.15) is 19.0 Å².